The lowest BCUT2D eigenvalue weighted by Gasteiger charge is -2.34. The third-order valence-electron chi connectivity index (χ3n) is 5.72. The minimum absolute atomic E-state index is 0.298. The van der Waals surface area contributed by atoms with Crippen molar-refractivity contribution in [3.63, 3.8) is 0 Å². The molecule has 0 amide bonds. The molecule has 31 heavy (non-hydrogen) atoms. The van der Waals surface area contributed by atoms with Gasteiger partial charge in [0.1, 0.15) is 12.5 Å². The maximum absolute atomic E-state index is 5.83. The average molecular weight is 443 g/mol. The molecular weight excluding hydrogens is 408 g/mol. The predicted octanol–water partition coefficient (Wildman–Crippen LogP) is 3.72. The third-order valence-corrected chi connectivity index (χ3v) is 7.42. The SMILES string of the molecule is CCc1cc(N2CCOC[C@H]2C)nc2c1cnn2-c1ccn(COCC[Si](C)(C)C)n1. The van der Waals surface area contributed by atoms with Gasteiger partial charge in [-0.1, -0.05) is 26.6 Å². The number of aryl methyl sites for hydroxylation is 1. The molecule has 9 heteroatoms. The highest BCUT2D eigenvalue weighted by atomic mass is 28.3. The Labute approximate surface area is 185 Å². The van der Waals surface area contributed by atoms with Crippen LogP contribution in [0.2, 0.25) is 25.7 Å². The van der Waals surface area contributed by atoms with Gasteiger partial charge in [0.25, 0.3) is 0 Å². The Hall–Kier alpha value is -2.23. The number of rotatable bonds is 8. The summed E-state index contributed by atoms with van der Waals surface area (Å²) in [6.07, 6.45) is 4.76. The normalized spacial score (nSPS) is 17.6. The van der Waals surface area contributed by atoms with Crippen LogP contribution in [0.15, 0.2) is 24.5 Å². The summed E-state index contributed by atoms with van der Waals surface area (Å²) in [5.41, 5.74) is 2.09. The molecule has 0 N–H and O–H groups in total. The number of nitrogens with zero attached hydrogens (tertiary/aromatic N) is 6. The van der Waals surface area contributed by atoms with Crippen molar-refractivity contribution < 1.29 is 9.47 Å². The average Bonchev–Trinajstić information content (AvgIpc) is 3.37. The molecule has 1 fully saturated rings. The molecule has 168 valence electrons. The molecule has 0 saturated carbocycles. The molecule has 4 heterocycles. The van der Waals surface area contributed by atoms with Crippen molar-refractivity contribution in [2.75, 3.05) is 31.3 Å². The van der Waals surface area contributed by atoms with Crippen molar-refractivity contribution in [1.29, 1.82) is 0 Å². The van der Waals surface area contributed by atoms with Crippen LogP contribution in [0.5, 0.6) is 0 Å². The van der Waals surface area contributed by atoms with E-state index >= 15 is 0 Å². The quantitative estimate of drug-likeness (QED) is 0.391. The number of pyridine rings is 1. The van der Waals surface area contributed by atoms with Crippen LogP contribution in [0.4, 0.5) is 5.82 Å². The number of aromatic nitrogens is 5. The summed E-state index contributed by atoms with van der Waals surface area (Å²) in [5, 5.41) is 10.4. The van der Waals surface area contributed by atoms with E-state index in [2.05, 4.69) is 54.7 Å². The second-order valence-corrected chi connectivity index (χ2v) is 15.1. The smallest absolute Gasteiger partial charge is 0.177 e. The summed E-state index contributed by atoms with van der Waals surface area (Å²) < 4.78 is 15.1. The van der Waals surface area contributed by atoms with Gasteiger partial charge in [0.05, 0.1) is 25.5 Å². The zero-order chi connectivity index (χ0) is 22.0. The number of fused-ring (bicyclic) bond motifs is 1. The van der Waals surface area contributed by atoms with Gasteiger partial charge in [0.15, 0.2) is 11.5 Å². The monoisotopic (exact) mass is 442 g/mol. The van der Waals surface area contributed by atoms with Crippen LogP contribution >= 0.6 is 0 Å². The summed E-state index contributed by atoms with van der Waals surface area (Å²) in [7, 11) is -1.09. The van der Waals surface area contributed by atoms with Crippen LogP contribution in [0.3, 0.4) is 0 Å². The largest absolute Gasteiger partial charge is 0.377 e. The molecule has 0 unspecified atom stereocenters. The fourth-order valence-electron chi connectivity index (χ4n) is 3.80. The molecular formula is C22H34N6O2Si. The Morgan fingerprint density at radius 3 is 2.84 bits per heavy atom. The molecule has 4 rings (SSSR count). The summed E-state index contributed by atoms with van der Waals surface area (Å²) in [5.74, 6) is 1.74. The lowest BCUT2D eigenvalue weighted by atomic mass is 10.1. The van der Waals surface area contributed by atoms with Crippen molar-refractivity contribution in [1.82, 2.24) is 24.5 Å². The number of anilines is 1. The highest BCUT2D eigenvalue weighted by Gasteiger charge is 2.22. The molecule has 0 aliphatic carbocycles. The van der Waals surface area contributed by atoms with Crippen LogP contribution in [0, 0.1) is 0 Å². The van der Waals surface area contributed by atoms with E-state index in [1.165, 1.54) is 5.56 Å². The summed E-state index contributed by atoms with van der Waals surface area (Å²) >= 11 is 0. The van der Waals surface area contributed by atoms with E-state index in [9.17, 15) is 0 Å². The van der Waals surface area contributed by atoms with Gasteiger partial charge < -0.3 is 14.4 Å². The minimum atomic E-state index is -1.09. The Morgan fingerprint density at radius 2 is 2.10 bits per heavy atom. The van der Waals surface area contributed by atoms with Gasteiger partial charge in [-0.25, -0.2) is 9.67 Å². The second kappa shape index (κ2) is 9.10. The lowest BCUT2D eigenvalue weighted by molar-refractivity contribution is 0.0785. The van der Waals surface area contributed by atoms with E-state index < -0.39 is 8.07 Å². The third kappa shape index (κ3) is 4.99. The molecule has 3 aromatic rings. The van der Waals surface area contributed by atoms with E-state index in [4.69, 9.17) is 14.5 Å². The highest BCUT2D eigenvalue weighted by molar-refractivity contribution is 6.76. The van der Waals surface area contributed by atoms with Gasteiger partial charge in [-0.05, 0) is 31.0 Å². The Bertz CT molecular complexity index is 1020. The van der Waals surface area contributed by atoms with Crippen LogP contribution in [-0.2, 0) is 22.6 Å². The van der Waals surface area contributed by atoms with E-state index in [-0.39, 0.29) is 0 Å². The number of morpholine rings is 1. The Kier molecular flexibility index (Phi) is 6.45. The van der Waals surface area contributed by atoms with Crippen LogP contribution in [0.25, 0.3) is 16.9 Å². The predicted molar refractivity (Wildman–Crippen MR) is 126 cm³/mol. The van der Waals surface area contributed by atoms with Crippen molar-refractivity contribution in [2.45, 2.75) is 58.7 Å². The number of ether oxygens (including phenoxy) is 2. The molecule has 3 aromatic heterocycles. The molecule has 1 saturated heterocycles. The summed E-state index contributed by atoms with van der Waals surface area (Å²) in [6, 6.07) is 5.61. The first-order valence-electron chi connectivity index (χ1n) is 11.2. The zero-order valence-corrected chi connectivity index (χ0v) is 20.3. The van der Waals surface area contributed by atoms with Crippen molar-refractivity contribution in [3.8, 4) is 5.82 Å². The zero-order valence-electron chi connectivity index (χ0n) is 19.3. The highest BCUT2D eigenvalue weighted by Crippen LogP contribution is 2.27. The maximum Gasteiger partial charge on any atom is 0.177 e. The minimum Gasteiger partial charge on any atom is -0.377 e. The lowest BCUT2D eigenvalue weighted by Crippen LogP contribution is -2.44. The van der Waals surface area contributed by atoms with Crippen LogP contribution in [0.1, 0.15) is 19.4 Å². The van der Waals surface area contributed by atoms with Crippen molar-refractivity contribution >= 4 is 24.9 Å². The van der Waals surface area contributed by atoms with Gasteiger partial charge in [0, 0.05) is 38.9 Å². The standard InChI is InChI=1S/C22H34N6O2Si/c1-6-18-13-21(27-9-10-29-15-17(27)2)24-22-19(18)14-23-28(22)20-7-8-26(25-20)16-30-11-12-31(3,4)5/h7-8,13-14,17H,6,9-12,15-16H2,1-5H3/t17-/m1/s1. The molecule has 1 aliphatic heterocycles. The fraction of sp³-hybridized carbons (Fsp3) is 0.591. The van der Waals surface area contributed by atoms with Gasteiger partial charge in [-0.15, -0.1) is 0 Å². The molecule has 0 spiro atoms. The summed E-state index contributed by atoms with van der Waals surface area (Å²) in [6.45, 7) is 14.9. The summed E-state index contributed by atoms with van der Waals surface area (Å²) in [4.78, 5) is 7.32. The van der Waals surface area contributed by atoms with E-state index in [0.717, 1.165) is 61.5 Å². The molecule has 0 aromatic carbocycles. The first-order valence-corrected chi connectivity index (χ1v) is 14.9. The van der Waals surface area contributed by atoms with Gasteiger partial charge in [-0.3, -0.25) is 0 Å². The number of hydrogen-bond acceptors (Lipinski definition) is 6. The molecule has 0 radical (unpaired) electrons. The van der Waals surface area contributed by atoms with E-state index in [0.29, 0.717) is 12.8 Å². The van der Waals surface area contributed by atoms with Crippen LogP contribution < -0.4 is 4.90 Å². The number of hydrogen-bond donors (Lipinski definition) is 0. The fourth-order valence-corrected chi connectivity index (χ4v) is 4.55. The first kappa shape index (κ1) is 22.0. The molecule has 0 bridgehead atoms. The van der Waals surface area contributed by atoms with Crippen molar-refractivity contribution in [2.24, 2.45) is 0 Å². The van der Waals surface area contributed by atoms with E-state index in [1.54, 1.807) is 0 Å². The van der Waals surface area contributed by atoms with Gasteiger partial charge in [-0.2, -0.15) is 14.9 Å². The molecule has 8 nitrogen and oxygen atoms in total. The second-order valence-electron chi connectivity index (χ2n) is 9.47. The Morgan fingerprint density at radius 1 is 1.26 bits per heavy atom. The van der Waals surface area contributed by atoms with Crippen molar-refractivity contribution in [3.05, 3.63) is 30.1 Å². The van der Waals surface area contributed by atoms with Gasteiger partial charge >= 0.3 is 0 Å². The Balaban J connectivity index is 1.58. The maximum atomic E-state index is 5.83. The van der Waals surface area contributed by atoms with Crippen LogP contribution in [-0.4, -0.2) is 65.0 Å². The molecule has 1 atom stereocenters. The topological polar surface area (TPSA) is 70.2 Å². The molecule has 1 aliphatic rings. The van der Waals surface area contributed by atoms with E-state index in [1.807, 2.05) is 27.8 Å². The van der Waals surface area contributed by atoms with Gasteiger partial charge in [0.2, 0.25) is 0 Å². The first-order chi connectivity index (χ1) is 14.9.